The maximum atomic E-state index is 13.9. The number of aromatic amines is 1. The van der Waals surface area contributed by atoms with Crippen LogP contribution in [0.15, 0.2) is 42.7 Å². The van der Waals surface area contributed by atoms with Gasteiger partial charge in [0.15, 0.2) is 0 Å². The molecule has 2 aliphatic rings. The molecule has 35 heavy (non-hydrogen) atoms. The first kappa shape index (κ1) is 22.4. The van der Waals surface area contributed by atoms with E-state index in [9.17, 15) is 9.50 Å². The second kappa shape index (κ2) is 9.53. The van der Waals surface area contributed by atoms with Crippen molar-refractivity contribution in [1.82, 2.24) is 19.9 Å². The predicted molar refractivity (Wildman–Crippen MR) is 135 cm³/mol. The molecular formula is C27H30FN5O2. The molecule has 0 unspecified atom stereocenters. The third-order valence-electron chi connectivity index (χ3n) is 7.54. The number of aromatic nitrogens is 3. The average Bonchev–Trinajstić information content (AvgIpc) is 3.29. The molecular weight excluding hydrogens is 445 g/mol. The third kappa shape index (κ3) is 4.37. The first-order chi connectivity index (χ1) is 17.2. The van der Waals surface area contributed by atoms with Gasteiger partial charge < -0.3 is 20.1 Å². The Morgan fingerprint density at radius 3 is 2.60 bits per heavy atom. The summed E-state index contributed by atoms with van der Waals surface area (Å²) in [5.74, 6) is 0.455. The zero-order valence-corrected chi connectivity index (χ0v) is 19.6. The number of ether oxygens (including phenoxy) is 1. The van der Waals surface area contributed by atoms with Gasteiger partial charge in [0, 0.05) is 41.6 Å². The van der Waals surface area contributed by atoms with E-state index >= 15 is 0 Å². The number of rotatable bonds is 5. The number of nitrogens with one attached hydrogen (secondary N) is 2. The molecule has 3 heterocycles. The van der Waals surface area contributed by atoms with E-state index < -0.39 is 5.82 Å². The Balaban J connectivity index is 1.27. The fourth-order valence-corrected chi connectivity index (χ4v) is 5.61. The standard InChI is InChI=1S/C27H30FN5O2/c28-23-7-1-17(13-19(23)15-34)18-2-8-24-22(14-18)25-26(29-16-30-27(25)32-24)31-20-3-5-21(6-4-20)33-9-11-35-12-10-33/h1-2,7-8,13-14,16,20-21,34H,3-6,9-12,15H2,(H2,29,30,31,32)/t20-,21-. The average molecular weight is 476 g/mol. The molecule has 0 atom stereocenters. The van der Waals surface area contributed by atoms with Gasteiger partial charge in [0.05, 0.1) is 25.2 Å². The van der Waals surface area contributed by atoms with Gasteiger partial charge in [-0.2, -0.15) is 0 Å². The molecule has 0 spiro atoms. The lowest BCUT2D eigenvalue weighted by Gasteiger charge is -2.39. The molecule has 3 N–H and O–H groups in total. The van der Waals surface area contributed by atoms with Crippen molar-refractivity contribution in [1.29, 1.82) is 0 Å². The van der Waals surface area contributed by atoms with Crippen LogP contribution < -0.4 is 5.32 Å². The highest BCUT2D eigenvalue weighted by Gasteiger charge is 2.27. The van der Waals surface area contributed by atoms with Crippen molar-refractivity contribution >= 4 is 27.8 Å². The van der Waals surface area contributed by atoms with E-state index in [0.717, 1.165) is 78.0 Å². The first-order valence-corrected chi connectivity index (χ1v) is 12.4. The highest BCUT2D eigenvalue weighted by atomic mass is 19.1. The van der Waals surface area contributed by atoms with Crippen LogP contribution in [0.25, 0.3) is 33.1 Å². The van der Waals surface area contributed by atoms with Crippen molar-refractivity contribution in [3.63, 3.8) is 0 Å². The van der Waals surface area contributed by atoms with E-state index in [1.165, 1.54) is 18.9 Å². The molecule has 1 saturated heterocycles. The summed E-state index contributed by atoms with van der Waals surface area (Å²) in [6, 6.07) is 12.0. The highest BCUT2D eigenvalue weighted by Crippen LogP contribution is 2.34. The summed E-state index contributed by atoms with van der Waals surface area (Å²) in [4.78, 5) is 15.1. The van der Waals surface area contributed by atoms with E-state index in [-0.39, 0.29) is 6.61 Å². The molecule has 182 valence electrons. The zero-order chi connectivity index (χ0) is 23.8. The van der Waals surface area contributed by atoms with Crippen LogP contribution in [0.3, 0.4) is 0 Å². The normalized spacial score (nSPS) is 21.5. The second-order valence-electron chi connectivity index (χ2n) is 9.59. The fourth-order valence-electron chi connectivity index (χ4n) is 5.61. The molecule has 0 amide bonds. The van der Waals surface area contributed by atoms with Gasteiger partial charge in [0.1, 0.15) is 23.6 Å². The van der Waals surface area contributed by atoms with Gasteiger partial charge in [0.2, 0.25) is 0 Å². The monoisotopic (exact) mass is 475 g/mol. The molecule has 1 saturated carbocycles. The van der Waals surface area contributed by atoms with E-state index in [2.05, 4.69) is 31.2 Å². The molecule has 4 aromatic rings. The Hall–Kier alpha value is -3.07. The van der Waals surface area contributed by atoms with Crippen molar-refractivity contribution < 1.29 is 14.2 Å². The molecule has 2 fully saturated rings. The van der Waals surface area contributed by atoms with E-state index in [4.69, 9.17) is 4.74 Å². The number of anilines is 1. The Morgan fingerprint density at radius 1 is 1.03 bits per heavy atom. The number of nitrogens with zero attached hydrogens (tertiary/aromatic N) is 3. The lowest BCUT2D eigenvalue weighted by atomic mass is 9.90. The van der Waals surface area contributed by atoms with Crippen LogP contribution >= 0.6 is 0 Å². The summed E-state index contributed by atoms with van der Waals surface area (Å²) in [6.07, 6.45) is 6.19. The highest BCUT2D eigenvalue weighted by molar-refractivity contribution is 6.12. The van der Waals surface area contributed by atoms with Crippen molar-refractivity contribution in [3.05, 3.63) is 54.1 Å². The van der Waals surface area contributed by atoms with Gasteiger partial charge in [0.25, 0.3) is 0 Å². The minimum absolute atomic E-state index is 0.292. The minimum Gasteiger partial charge on any atom is -0.392 e. The van der Waals surface area contributed by atoms with Crippen molar-refractivity contribution in [2.45, 2.75) is 44.4 Å². The molecule has 7 nitrogen and oxygen atoms in total. The van der Waals surface area contributed by atoms with Crippen molar-refractivity contribution in [2.75, 3.05) is 31.6 Å². The predicted octanol–water partition coefficient (Wildman–Crippen LogP) is 4.46. The summed E-state index contributed by atoms with van der Waals surface area (Å²) in [6.45, 7) is 3.45. The number of aliphatic hydroxyl groups excluding tert-OH is 1. The lowest BCUT2D eigenvalue weighted by molar-refractivity contribution is 0.00791. The third-order valence-corrected chi connectivity index (χ3v) is 7.54. The number of halogens is 1. The van der Waals surface area contributed by atoms with Crippen LogP contribution in [0.1, 0.15) is 31.2 Å². The van der Waals surface area contributed by atoms with Crippen LogP contribution in [0.4, 0.5) is 10.2 Å². The molecule has 1 aliphatic heterocycles. The van der Waals surface area contributed by atoms with Crippen LogP contribution in [0.2, 0.25) is 0 Å². The number of benzene rings is 2. The Labute approximate surface area is 203 Å². The fraction of sp³-hybridized carbons (Fsp3) is 0.407. The smallest absolute Gasteiger partial charge is 0.143 e. The quantitative estimate of drug-likeness (QED) is 0.395. The SMILES string of the molecule is OCc1cc(-c2ccc3[nH]c4ncnc(N[C@H]5CC[C@H](N6CCOCC6)CC5)c4c3c2)ccc1F. The maximum absolute atomic E-state index is 13.9. The van der Waals surface area contributed by atoms with Crippen LogP contribution in [-0.4, -0.2) is 63.3 Å². The minimum atomic E-state index is -0.396. The second-order valence-corrected chi connectivity index (χ2v) is 9.59. The molecule has 0 bridgehead atoms. The Kier molecular flexibility index (Phi) is 6.10. The molecule has 2 aromatic carbocycles. The number of aliphatic hydroxyl groups is 1. The van der Waals surface area contributed by atoms with Crippen LogP contribution in [0.5, 0.6) is 0 Å². The number of hydrogen-bond donors (Lipinski definition) is 3. The Morgan fingerprint density at radius 2 is 1.80 bits per heavy atom. The largest absolute Gasteiger partial charge is 0.392 e. The van der Waals surface area contributed by atoms with E-state index in [0.29, 0.717) is 17.6 Å². The summed E-state index contributed by atoms with van der Waals surface area (Å²) in [5.41, 5.74) is 3.88. The molecule has 2 aromatic heterocycles. The van der Waals surface area contributed by atoms with Crippen LogP contribution in [-0.2, 0) is 11.3 Å². The van der Waals surface area contributed by atoms with Crippen LogP contribution in [0, 0.1) is 5.82 Å². The van der Waals surface area contributed by atoms with Gasteiger partial charge in [-0.25, -0.2) is 14.4 Å². The van der Waals surface area contributed by atoms with E-state index in [1.54, 1.807) is 18.5 Å². The maximum Gasteiger partial charge on any atom is 0.143 e. The van der Waals surface area contributed by atoms with Crippen molar-refractivity contribution in [3.8, 4) is 11.1 Å². The van der Waals surface area contributed by atoms with Gasteiger partial charge in [-0.05, 0) is 61.1 Å². The van der Waals surface area contributed by atoms with E-state index in [1.807, 2.05) is 12.1 Å². The van der Waals surface area contributed by atoms with Gasteiger partial charge in [-0.1, -0.05) is 12.1 Å². The molecule has 0 radical (unpaired) electrons. The number of fused-ring (bicyclic) bond motifs is 3. The molecule has 6 rings (SSSR count). The lowest BCUT2D eigenvalue weighted by Crippen LogP contribution is -2.46. The summed E-state index contributed by atoms with van der Waals surface area (Å²) >= 11 is 0. The summed E-state index contributed by atoms with van der Waals surface area (Å²) < 4.78 is 19.4. The van der Waals surface area contributed by atoms with Gasteiger partial charge >= 0.3 is 0 Å². The zero-order valence-electron chi connectivity index (χ0n) is 19.6. The van der Waals surface area contributed by atoms with Gasteiger partial charge in [-0.15, -0.1) is 0 Å². The summed E-state index contributed by atoms with van der Waals surface area (Å²) in [5, 5.41) is 15.2. The number of hydrogen-bond acceptors (Lipinski definition) is 6. The first-order valence-electron chi connectivity index (χ1n) is 12.4. The number of morpholine rings is 1. The molecule has 1 aliphatic carbocycles. The van der Waals surface area contributed by atoms with Gasteiger partial charge in [-0.3, -0.25) is 4.90 Å². The topological polar surface area (TPSA) is 86.3 Å². The molecule has 8 heteroatoms. The Bertz CT molecular complexity index is 1340. The number of H-pyrrole nitrogens is 1. The van der Waals surface area contributed by atoms with Crippen molar-refractivity contribution in [2.24, 2.45) is 0 Å². The summed E-state index contributed by atoms with van der Waals surface area (Å²) in [7, 11) is 0.